The van der Waals surface area contributed by atoms with Crippen molar-refractivity contribution >= 4 is 5.91 Å². The van der Waals surface area contributed by atoms with Crippen LogP contribution in [0.2, 0.25) is 0 Å². The van der Waals surface area contributed by atoms with Gasteiger partial charge < -0.3 is 19.6 Å². The molecular weight excluding hydrogens is 313 g/mol. The van der Waals surface area contributed by atoms with Crippen LogP contribution in [0.5, 0.6) is 0 Å². The van der Waals surface area contributed by atoms with Crippen LogP contribution in [0, 0.1) is 5.82 Å². The minimum Gasteiger partial charge on any atom is -0.467 e. The van der Waals surface area contributed by atoms with Gasteiger partial charge in [-0.1, -0.05) is 12.1 Å². The van der Waals surface area contributed by atoms with Crippen molar-refractivity contribution in [1.82, 2.24) is 5.32 Å². The zero-order valence-corrected chi connectivity index (χ0v) is 13.2. The van der Waals surface area contributed by atoms with Crippen LogP contribution in [0.15, 0.2) is 47.1 Å². The lowest BCUT2D eigenvalue weighted by atomic mass is 9.73. The quantitative estimate of drug-likeness (QED) is 0.881. The molecule has 1 fully saturated rings. The summed E-state index contributed by atoms with van der Waals surface area (Å²) in [6.07, 6.45) is 1.59. The van der Waals surface area contributed by atoms with E-state index in [9.17, 15) is 14.3 Å². The predicted octanol–water partition coefficient (Wildman–Crippen LogP) is 2.32. The van der Waals surface area contributed by atoms with Crippen LogP contribution in [0.4, 0.5) is 4.39 Å². The summed E-state index contributed by atoms with van der Waals surface area (Å²) >= 11 is 0. The van der Waals surface area contributed by atoms with Crippen molar-refractivity contribution in [3.05, 3.63) is 59.8 Å². The SMILES string of the molecule is O=C(NCC(O)c1ccco1)C1(c2ccc(F)cc2)CCOCC1. The largest absolute Gasteiger partial charge is 0.467 e. The van der Waals surface area contributed by atoms with Crippen molar-refractivity contribution in [2.24, 2.45) is 0 Å². The van der Waals surface area contributed by atoms with Gasteiger partial charge in [-0.15, -0.1) is 0 Å². The van der Waals surface area contributed by atoms with Crippen LogP contribution in [0.25, 0.3) is 0 Å². The Morgan fingerprint density at radius 1 is 1.25 bits per heavy atom. The molecule has 1 aromatic heterocycles. The first kappa shape index (κ1) is 16.7. The molecule has 1 aliphatic heterocycles. The number of furan rings is 1. The second-order valence-electron chi connectivity index (χ2n) is 5.94. The number of hydrogen-bond donors (Lipinski definition) is 2. The molecular formula is C18H20FNO4. The topological polar surface area (TPSA) is 71.7 Å². The van der Waals surface area contributed by atoms with Crippen LogP contribution in [-0.4, -0.2) is 30.8 Å². The fourth-order valence-corrected chi connectivity index (χ4v) is 3.08. The Bertz CT molecular complexity index is 663. The summed E-state index contributed by atoms with van der Waals surface area (Å²) in [6, 6.07) is 9.33. The number of rotatable bonds is 5. The molecule has 6 heteroatoms. The summed E-state index contributed by atoms with van der Waals surface area (Å²) in [5, 5.41) is 12.9. The first-order chi connectivity index (χ1) is 11.6. The number of carbonyl (C=O) groups is 1. The van der Waals surface area contributed by atoms with E-state index in [4.69, 9.17) is 9.15 Å². The zero-order chi connectivity index (χ0) is 17.0. The molecule has 0 bridgehead atoms. The Kier molecular flexibility index (Phi) is 4.97. The van der Waals surface area contributed by atoms with Crippen LogP contribution < -0.4 is 5.32 Å². The molecule has 1 aromatic carbocycles. The molecule has 128 valence electrons. The summed E-state index contributed by atoms with van der Waals surface area (Å²) in [7, 11) is 0. The summed E-state index contributed by atoms with van der Waals surface area (Å²) in [4.78, 5) is 12.9. The Morgan fingerprint density at radius 3 is 2.58 bits per heavy atom. The highest BCUT2D eigenvalue weighted by Crippen LogP contribution is 2.35. The molecule has 0 aliphatic carbocycles. The van der Waals surface area contributed by atoms with E-state index in [0.29, 0.717) is 31.8 Å². The molecule has 2 aromatic rings. The lowest BCUT2D eigenvalue weighted by molar-refractivity contribution is -0.131. The van der Waals surface area contributed by atoms with Gasteiger partial charge in [0.15, 0.2) is 0 Å². The molecule has 24 heavy (non-hydrogen) atoms. The Labute approximate surface area is 139 Å². The first-order valence-electron chi connectivity index (χ1n) is 7.95. The van der Waals surface area contributed by atoms with Gasteiger partial charge >= 0.3 is 0 Å². The lowest BCUT2D eigenvalue weighted by Gasteiger charge is -2.36. The van der Waals surface area contributed by atoms with Crippen molar-refractivity contribution in [2.45, 2.75) is 24.4 Å². The minimum atomic E-state index is -0.908. The van der Waals surface area contributed by atoms with Gasteiger partial charge in [-0.25, -0.2) is 4.39 Å². The third-order valence-electron chi connectivity index (χ3n) is 4.51. The number of benzene rings is 1. The molecule has 1 amide bonds. The second-order valence-corrected chi connectivity index (χ2v) is 5.94. The maximum Gasteiger partial charge on any atom is 0.230 e. The van der Waals surface area contributed by atoms with Crippen LogP contribution in [0.1, 0.15) is 30.3 Å². The predicted molar refractivity (Wildman–Crippen MR) is 84.8 cm³/mol. The van der Waals surface area contributed by atoms with E-state index in [1.54, 1.807) is 24.3 Å². The third kappa shape index (κ3) is 3.34. The van der Waals surface area contributed by atoms with E-state index in [-0.39, 0.29) is 18.3 Å². The molecule has 0 saturated carbocycles. The van der Waals surface area contributed by atoms with Crippen LogP contribution in [-0.2, 0) is 14.9 Å². The van der Waals surface area contributed by atoms with E-state index >= 15 is 0 Å². The van der Waals surface area contributed by atoms with Crippen molar-refractivity contribution in [2.75, 3.05) is 19.8 Å². The van der Waals surface area contributed by atoms with E-state index in [1.807, 2.05) is 0 Å². The lowest BCUT2D eigenvalue weighted by Crippen LogP contribution is -2.48. The van der Waals surface area contributed by atoms with Crippen molar-refractivity contribution in [1.29, 1.82) is 0 Å². The monoisotopic (exact) mass is 333 g/mol. The van der Waals surface area contributed by atoms with Gasteiger partial charge in [0, 0.05) is 13.2 Å². The molecule has 0 spiro atoms. The fraction of sp³-hybridized carbons (Fsp3) is 0.389. The van der Waals surface area contributed by atoms with E-state index in [0.717, 1.165) is 5.56 Å². The molecule has 3 rings (SSSR count). The van der Waals surface area contributed by atoms with Crippen molar-refractivity contribution < 1.29 is 23.4 Å². The highest BCUT2D eigenvalue weighted by atomic mass is 19.1. The van der Waals surface area contributed by atoms with E-state index < -0.39 is 11.5 Å². The number of aliphatic hydroxyl groups excluding tert-OH is 1. The summed E-state index contributed by atoms with van der Waals surface area (Å²) in [6.45, 7) is 0.979. The second kappa shape index (κ2) is 7.15. The standard InChI is InChI=1S/C18H20FNO4/c19-14-5-3-13(4-6-14)18(7-10-23-11-8-18)17(22)20-12-15(21)16-2-1-9-24-16/h1-6,9,15,21H,7-8,10-12H2,(H,20,22). The number of carbonyl (C=O) groups excluding carboxylic acids is 1. The molecule has 1 aliphatic rings. The number of amides is 1. The van der Waals surface area contributed by atoms with Gasteiger partial charge in [0.2, 0.25) is 5.91 Å². The summed E-state index contributed by atoms with van der Waals surface area (Å²) in [5.41, 5.74) is -0.00773. The van der Waals surface area contributed by atoms with Gasteiger partial charge in [0.05, 0.1) is 18.2 Å². The number of nitrogens with one attached hydrogen (secondary N) is 1. The van der Waals surface area contributed by atoms with Crippen LogP contribution in [0.3, 0.4) is 0 Å². The maximum absolute atomic E-state index is 13.2. The Morgan fingerprint density at radius 2 is 1.96 bits per heavy atom. The third-order valence-corrected chi connectivity index (χ3v) is 4.51. The molecule has 2 heterocycles. The van der Waals surface area contributed by atoms with Gasteiger partial charge in [-0.3, -0.25) is 4.79 Å². The van der Waals surface area contributed by atoms with E-state index in [2.05, 4.69) is 5.32 Å². The van der Waals surface area contributed by atoms with Crippen molar-refractivity contribution in [3.8, 4) is 0 Å². The number of ether oxygens (including phenoxy) is 1. The van der Waals surface area contributed by atoms with Crippen molar-refractivity contribution in [3.63, 3.8) is 0 Å². The van der Waals surface area contributed by atoms with Gasteiger partial charge in [0.1, 0.15) is 17.7 Å². The molecule has 1 saturated heterocycles. The average Bonchev–Trinajstić information content (AvgIpc) is 3.15. The van der Waals surface area contributed by atoms with Gasteiger partial charge in [-0.2, -0.15) is 0 Å². The highest BCUT2D eigenvalue weighted by Gasteiger charge is 2.41. The summed E-state index contributed by atoms with van der Waals surface area (Å²) in [5.74, 6) is -0.129. The van der Waals surface area contributed by atoms with Gasteiger partial charge in [0.25, 0.3) is 0 Å². The normalized spacial score (nSPS) is 18.1. The number of aliphatic hydroxyl groups is 1. The minimum absolute atomic E-state index is 0.0517. The highest BCUT2D eigenvalue weighted by molar-refractivity contribution is 5.88. The molecule has 0 radical (unpaired) electrons. The molecule has 1 atom stereocenters. The zero-order valence-electron chi connectivity index (χ0n) is 13.2. The summed E-state index contributed by atoms with van der Waals surface area (Å²) < 4.78 is 23.7. The molecule has 1 unspecified atom stereocenters. The van der Waals surface area contributed by atoms with E-state index in [1.165, 1.54) is 18.4 Å². The number of hydrogen-bond acceptors (Lipinski definition) is 4. The molecule has 2 N–H and O–H groups in total. The van der Waals surface area contributed by atoms with Crippen LogP contribution >= 0.6 is 0 Å². The van der Waals surface area contributed by atoms with Gasteiger partial charge in [-0.05, 0) is 42.7 Å². The Hall–Kier alpha value is -2.18. The Balaban J connectivity index is 1.75. The smallest absolute Gasteiger partial charge is 0.230 e. The molecule has 5 nitrogen and oxygen atoms in total. The first-order valence-corrected chi connectivity index (χ1v) is 7.95. The maximum atomic E-state index is 13.2. The number of halogens is 1. The average molecular weight is 333 g/mol. The fourth-order valence-electron chi connectivity index (χ4n) is 3.08.